The van der Waals surface area contributed by atoms with Crippen LogP contribution in [0.2, 0.25) is 0 Å². The summed E-state index contributed by atoms with van der Waals surface area (Å²) in [7, 11) is 1.57. The zero-order valence-corrected chi connectivity index (χ0v) is 18.5. The Morgan fingerprint density at radius 3 is 2.28 bits per heavy atom. The molecule has 0 aliphatic heterocycles. The van der Waals surface area contributed by atoms with E-state index in [0.717, 1.165) is 11.3 Å². The molecule has 172 valence electrons. The molecule has 9 heteroatoms. The molecular formula is C23H30N4O5. The second-order valence-electron chi connectivity index (χ2n) is 7.19. The number of benzene rings is 2. The van der Waals surface area contributed by atoms with Gasteiger partial charge in [0.15, 0.2) is 0 Å². The highest BCUT2D eigenvalue weighted by Gasteiger charge is 2.26. The van der Waals surface area contributed by atoms with Crippen molar-refractivity contribution in [3.05, 3.63) is 60.2 Å². The van der Waals surface area contributed by atoms with E-state index in [1.54, 1.807) is 31.4 Å². The predicted molar refractivity (Wildman–Crippen MR) is 121 cm³/mol. The van der Waals surface area contributed by atoms with Gasteiger partial charge in [-0.15, -0.1) is 0 Å². The van der Waals surface area contributed by atoms with Crippen LogP contribution in [0.4, 0.5) is 10.5 Å². The molecular weight excluding hydrogens is 412 g/mol. The molecule has 2 aromatic carbocycles. The molecule has 2 atom stereocenters. The smallest absolute Gasteiger partial charge is 0.408 e. The Morgan fingerprint density at radius 1 is 0.969 bits per heavy atom. The number of anilines is 1. The molecule has 32 heavy (non-hydrogen) atoms. The highest BCUT2D eigenvalue weighted by Crippen LogP contribution is 2.14. The first kappa shape index (κ1) is 24.5. The number of carbonyl (C=O) groups is 3. The van der Waals surface area contributed by atoms with E-state index >= 15 is 0 Å². The summed E-state index contributed by atoms with van der Waals surface area (Å²) in [4.78, 5) is 36.8. The number of hydrazine groups is 1. The summed E-state index contributed by atoms with van der Waals surface area (Å²) in [6.07, 6.45) is -0.0638. The van der Waals surface area contributed by atoms with E-state index in [4.69, 9.17) is 9.47 Å². The van der Waals surface area contributed by atoms with E-state index < -0.39 is 23.9 Å². The average Bonchev–Trinajstić information content (AvgIpc) is 2.83. The van der Waals surface area contributed by atoms with Gasteiger partial charge in [-0.25, -0.2) is 4.79 Å². The molecule has 0 saturated carbocycles. The molecule has 0 aliphatic carbocycles. The van der Waals surface area contributed by atoms with Gasteiger partial charge in [-0.3, -0.25) is 20.4 Å². The normalized spacial score (nSPS) is 12.1. The minimum atomic E-state index is -0.863. The van der Waals surface area contributed by atoms with Gasteiger partial charge >= 0.3 is 6.09 Å². The maximum atomic E-state index is 12.6. The second-order valence-corrected chi connectivity index (χ2v) is 7.19. The predicted octanol–water partition coefficient (Wildman–Crippen LogP) is 2.60. The Balaban J connectivity index is 1.80. The summed E-state index contributed by atoms with van der Waals surface area (Å²) in [5, 5.41) is 5.52. The van der Waals surface area contributed by atoms with Crippen molar-refractivity contribution in [3.63, 3.8) is 0 Å². The summed E-state index contributed by atoms with van der Waals surface area (Å²) in [6, 6.07) is 15.4. The lowest BCUT2D eigenvalue weighted by molar-refractivity contribution is -0.130. The molecule has 0 heterocycles. The molecule has 2 rings (SSSR count). The van der Waals surface area contributed by atoms with Crippen molar-refractivity contribution in [3.8, 4) is 5.75 Å². The molecule has 0 aromatic heterocycles. The van der Waals surface area contributed by atoms with Crippen LogP contribution in [-0.4, -0.2) is 37.6 Å². The maximum Gasteiger partial charge on any atom is 0.408 e. The summed E-state index contributed by atoms with van der Waals surface area (Å²) >= 11 is 0. The summed E-state index contributed by atoms with van der Waals surface area (Å²) in [5.74, 6) is -0.440. The van der Waals surface area contributed by atoms with Gasteiger partial charge in [0.05, 0.1) is 13.7 Å². The van der Waals surface area contributed by atoms with Crippen molar-refractivity contribution in [2.45, 2.75) is 32.9 Å². The number of methoxy groups -OCH3 is 1. The monoisotopic (exact) mass is 442 g/mol. The lowest BCUT2D eigenvalue weighted by Gasteiger charge is -2.23. The fourth-order valence-electron chi connectivity index (χ4n) is 2.74. The fourth-order valence-corrected chi connectivity index (χ4v) is 2.74. The lowest BCUT2D eigenvalue weighted by atomic mass is 9.99. The van der Waals surface area contributed by atoms with Crippen LogP contribution in [0, 0.1) is 5.92 Å². The van der Waals surface area contributed by atoms with Crippen LogP contribution < -0.4 is 26.2 Å². The van der Waals surface area contributed by atoms with E-state index in [0.29, 0.717) is 12.2 Å². The topological polar surface area (TPSA) is 118 Å². The first-order chi connectivity index (χ1) is 15.4. The molecule has 0 fully saturated rings. The third-order valence-corrected chi connectivity index (χ3v) is 4.85. The minimum Gasteiger partial charge on any atom is -0.497 e. The van der Waals surface area contributed by atoms with Gasteiger partial charge in [-0.05, 0) is 35.7 Å². The largest absolute Gasteiger partial charge is 0.497 e. The van der Waals surface area contributed by atoms with Gasteiger partial charge in [0.2, 0.25) is 0 Å². The molecule has 4 N–H and O–H groups in total. The van der Waals surface area contributed by atoms with Crippen molar-refractivity contribution >= 4 is 23.6 Å². The van der Waals surface area contributed by atoms with Crippen LogP contribution in [-0.2, 0) is 20.9 Å². The van der Waals surface area contributed by atoms with Crippen molar-refractivity contribution in [1.29, 1.82) is 0 Å². The molecule has 2 aromatic rings. The van der Waals surface area contributed by atoms with Crippen LogP contribution in [0.3, 0.4) is 0 Å². The minimum absolute atomic E-state index is 0.0485. The molecule has 0 aliphatic rings. The number of alkyl carbamates (subject to hydrolysis) is 1. The summed E-state index contributed by atoms with van der Waals surface area (Å²) < 4.78 is 10.3. The third-order valence-electron chi connectivity index (χ3n) is 4.85. The van der Waals surface area contributed by atoms with Gasteiger partial charge in [0, 0.05) is 5.69 Å². The van der Waals surface area contributed by atoms with Gasteiger partial charge in [0.1, 0.15) is 18.4 Å². The highest BCUT2D eigenvalue weighted by atomic mass is 16.5. The Hall–Kier alpha value is -3.75. The second kappa shape index (κ2) is 12.8. The van der Waals surface area contributed by atoms with Crippen LogP contribution in [0.15, 0.2) is 54.6 Å². The maximum absolute atomic E-state index is 12.6. The molecule has 9 nitrogen and oxygen atoms in total. The number of ether oxygens (including phenoxy) is 2. The Bertz CT molecular complexity index is 874. The van der Waals surface area contributed by atoms with Crippen molar-refractivity contribution < 1.29 is 23.9 Å². The molecule has 3 amide bonds. The Morgan fingerprint density at radius 2 is 1.66 bits per heavy atom. The van der Waals surface area contributed by atoms with Crippen LogP contribution >= 0.6 is 0 Å². The van der Waals surface area contributed by atoms with E-state index in [1.807, 2.05) is 44.2 Å². The number of hydrogen-bond donors (Lipinski definition) is 4. The van der Waals surface area contributed by atoms with E-state index in [9.17, 15) is 14.4 Å². The standard InChI is InChI=1S/C23H30N4O5/c1-4-16(2)21(25-23(30)32-15-17-8-6-5-7-9-17)22(29)27-26-20(28)14-24-18-10-12-19(31-3)13-11-18/h5-13,16,21,24H,4,14-15H2,1-3H3,(H,25,30)(H,26,28)(H,27,29)/t16-,21-/m0/s1. The van der Waals surface area contributed by atoms with Crippen LogP contribution in [0.25, 0.3) is 0 Å². The van der Waals surface area contributed by atoms with Crippen molar-refractivity contribution in [2.75, 3.05) is 19.0 Å². The molecule has 0 radical (unpaired) electrons. The molecule has 0 saturated heterocycles. The fraction of sp³-hybridized carbons (Fsp3) is 0.348. The van der Waals surface area contributed by atoms with Crippen LogP contribution in [0.1, 0.15) is 25.8 Å². The van der Waals surface area contributed by atoms with E-state index in [2.05, 4.69) is 21.5 Å². The first-order valence-electron chi connectivity index (χ1n) is 10.4. The number of rotatable bonds is 10. The Kier molecular flexibility index (Phi) is 9.83. The average molecular weight is 443 g/mol. The van der Waals surface area contributed by atoms with Gasteiger partial charge in [-0.2, -0.15) is 0 Å². The number of carbonyl (C=O) groups excluding carboxylic acids is 3. The highest BCUT2D eigenvalue weighted by molar-refractivity contribution is 5.89. The SMILES string of the molecule is CC[C@H](C)[C@H](NC(=O)OCc1ccccc1)C(=O)NNC(=O)CNc1ccc(OC)cc1. The number of nitrogens with one attached hydrogen (secondary N) is 4. The quantitative estimate of drug-likeness (QED) is 0.420. The first-order valence-corrected chi connectivity index (χ1v) is 10.4. The zero-order chi connectivity index (χ0) is 23.3. The number of amides is 3. The van der Waals surface area contributed by atoms with Gasteiger partial charge in [-0.1, -0.05) is 50.6 Å². The molecule has 0 bridgehead atoms. The summed E-state index contributed by atoms with van der Waals surface area (Å²) in [5.41, 5.74) is 6.28. The van der Waals surface area contributed by atoms with Crippen molar-refractivity contribution in [1.82, 2.24) is 16.2 Å². The lowest BCUT2D eigenvalue weighted by Crippen LogP contribution is -2.55. The molecule has 0 spiro atoms. The van der Waals surface area contributed by atoms with E-state index in [-0.39, 0.29) is 19.1 Å². The molecule has 0 unspecified atom stereocenters. The summed E-state index contributed by atoms with van der Waals surface area (Å²) in [6.45, 7) is 3.77. The van der Waals surface area contributed by atoms with Gasteiger partial charge in [0.25, 0.3) is 11.8 Å². The van der Waals surface area contributed by atoms with E-state index in [1.165, 1.54) is 0 Å². The number of hydrogen-bond acceptors (Lipinski definition) is 6. The third kappa shape index (κ3) is 8.17. The zero-order valence-electron chi connectivity index (χ0n) is 18.5. The van der Waals surface area contributed by atoms with Crippen LogP contribution in [0.5, 0.6) is 5.75 Å². The van der Waals surface area contributed by atoms with Crippen molar-refractivity contribution in [2.24, 2.45) is 5.92 Å². The Labute approximate surface area is 187 Å². The van der Waals surface area contributed by atoms with Gasteiger partial charge < -0.3 is 20.1 Å².